The number of aromatic nitrogens is 2. The Morgan fingerprint density at radius 1 is 0.795 bits per heavy atom. The molecule has 1 aliphatic rings. The van der Waals surface area contributed by atoms with Crippen LogP contribution in [0, 0.1) is 13.8 Å². The van der Waals surface area contributed by atoms with Crippen molar-refractivity contribution < 1.29 is 26.4 Å². The molecule has 1 amide bonds. The van der Waals surface area contributed by atoms with E-state index >= 15 is 0 Å². The molecule has 0 atom stereocenters. The van der Waals surface area contributed by atoms with Gasteiger partial charge in [0.2, 0.25) is 5.95 Å². The number of carbonyl (C=O) groups excluding carboxylic acids is 1. The number of nitrogens with one attached hydrogen (secondary N) is 2. The molecule has 0 spiro atoms. The second kappa shape index (κ2) is 11.6. The summed E-state index contributed by atoms with van der Waals surface area (Å²) in [7, 11) is -6.68. The molecular weight excluding hydrogens is 542 g/mol. The quantitative estimate of drug-likeness (QED) is 0.414. The second-order valence-electron chi connectivity index (χ2n) is 9.28. The molecule has 2 N–H and O–H groups in total. The highest BCUT2D eigenvalue weighted by atomic mass is 32.2. The summed E-state index contributed by atoms with van der Waals surface area (Å²) in [4.78, 5) is 22.9. The Hall–Kier alpha value is -3.71. The van der Waals surface area contributed by atoms with Crippen LogP contribution >= 0.6 is 0 Å². The van der Waals surface area contributed by atoms with Gasteiger partial charge in [-0.15, -0.1) is 0 Å². The van der Waals surface area contributed by atoms with Crippen molar-refractivity contribution in [3.8, 4) is 5.75 Å². The van der Waals surface area contributed by atoms with Crippen LogP contribution in [0.2, 0.25) is 0 Å². The van der Waals surface area contributed by atoms with Gasteiger partial charge in [0, 0.05) is 30.2 Å². The number of aryl methyl sites for hydroxylation is 2. The monoisotopic (exact) mass is 573 g/mol. The number of hydrogen-bond donors (Lipinski definition) is 2. The maximum atomic E-state index is 13.2. The van der Waals surface area contributed by atoms with Crippen molar-refractivity contribution >= 4 is 37.6 Å². The highest BCUT2D eigenvalue weighted by Crippen LogP contribution is 2.27. The lowest BCUT2D eigenvalue weighted by Crippen LogP contribution is -2.32. The minimum absolute atomic E-state index is 0.0534. The van der Waals surface area contributed by atoms with Crippen LogP contribution in [-0.2, 0) is 20.0 Å². The first-order valence-corrected chi connectivity index (χ1v) is 15.4. The molecule has 39 heavy (non-hydrogen) atoms. The standard InChI is InChI=1S/C26H31N5O6S2/c1-18-16-19(2)28-26(27-18)30-38(33,34)21-10-8-20(9-11-21)29-39(35,36)22-12-13-24(37-3)23(17-22)25(32)31-14-6-4-5-7-15-31/h8-13,16-17,29H,4-7,14-15H2,1-3H3,(H,27,28,30). The minimum Gasteiger partial charge on any atom is -0.496 e. The molecule has 0 unspecified atom stereocenters. The lowest BCUT2D eigenvalue weighted by atomic mass is 10.1. The lowest BCUT2D eigenvalue weighted by Gasteiger charge is -2.22. The number of ether oxygens (including phenoxy) is 1. The van der Waals surface area contributed by atoms with Gasteiger partial charge in [0.05, 0.1) is 22.5 Å². The van der Waals surface area contributed by atoms with Crippen LogP contribution in [0.25, 0.3) is 0 Å². The molecule has 0 saturated carbocycles. The van der Waals surface area contributed by atoms with Gasteiger partial charge in [-0.1, -0.05) is 12.8 Å². The summed E-state index contributed by atoms with van der Waals surface area (Å²) in [5, 5.41) is 0. The zero-order valence-corrected chi connectivity index (χ0v) is 23.6. The van der Waals surface area contributed by atoms with E-state index in [4.69, 9.17) is 4.74 Å². The van der Waals surface area contributed by atoms with Crippen LogP contribution in [0.3, 0.4) is 0 Å². The summed E-state index contributed by atoms with van der Waals surface area (Å²) in [5.74, 6) is -0.0407. The van der Waals surface area contributed by atoms with E-state index in [9.17, 15) is 21.6 Å². The van der Waals surface area contributed by atoms with E-state index in [1.165, 1.54) is 49.6 Å². The van der Waals surface area contributed by atoms with Gasteiger partial charge in [0.1, 0.15) is 5.75 Å². The molecule has 2 aromatic carbocycles. The summed E-state index contributed by atoms with van der Waals surface area (Å²) in [6.07, 6.45) is 3.89. The Morgan fingerprint density at radius 2 is 1.36 bits per heavy atom. The maximum Gasteiger partial charge on any atom is 0.264 e. The minimum atomic E-state index is -4.10. The number of sulfonamides is 2. The first kappa shape index (κ1) is 28.3. The predicted octanol–water partition coefficient (Wildman–Crippen LogP) is 3.72. The zero-order chi connectivity index (χ0) is 28.2. The van der Waals surface area contributed by atoms with Crippen molar-refractivity contribution in [1.82, 2.24) is 14.9 Å². The van der Waals surface area contributed by atoms with Crippen molar-refractivity contribution in [3.05, 3.63) is 65.5 Å². The predicted molar refractivity (Wildman–Crippen MR) is 147 cm³/mol. The Bertz CT molecular complexity index is 1550. The van der Waals surface area contributed by atoms with Crippen LogP contribution in [0.15, 0.2) is 58.3 Å². The van der Waals surface area contributed by atoms with Gasteiger partial charge in [-0.2, -0.15) is 0 Å². The van der Waals surface area contributed by atoms with Crippen molar-refractivity contribution in [3.63, 3.8) is 0 Å². The van der Waals surface area contributed by atoms with E-state index in [0.717, 1.165) is 25.7 Å². The third-order valence-electron chi connectivity index (χ3n) is 6.23. The van der Waals surface area contributed by atoms with Crippen molar-refractivity contribution in [2.75, 3.05) is 29.6 Å². The van der Waals surface area contributed by atoms with E-state index in [0.29, 0.717) is 24.5 Å². The van der Waals surface area contributed by atoms with Gasteiger partial charge in [-0.05, 0) is 75.2 Å². The molecule has 11 nitrogen and oxygen atoms in total. The van der Waals surface area contributed by atoms with Gasteiger partial charge in [-0.3, -0.25) is 9.52 Å². The van der Waals surface area contributed by atoms with Crippen molar-refractivity contribution in [2.45, 2.75) is 49.3 Å². The summed E-state index contributed by atoms with van der Waals surface area (Å²) in [6, 6.07) is 11.0. The molecule has 1 saturated heterocycles. The van der Waals surface area contributed by atoms with E-state index in [1.807, 2.05) is 0 Å². The molecule has 2 heterocycles. The SMILES string of the molecule is COc1ccc(S(=O)(=O)Nc2ccc(S(=O)(=O)Nc3nc(C)cc(C)n3)cc2)cc1C(=O)N1CCCCCC1. The Kier molecular flexibility index (Phi) is 8.40. The molecule has 1 aromatic heterocycles. The highest BCUT2D eigenvalue weighted by molar-refractivity contribution is 7.93. The topological polar surface area (TPSA) is 148 Å². The molecule has 0 aliphatic carbocycles. The summed E-state index contributed by atoms with van der Waals surface area (Å²) in [6.45, 7) is 4.67. The second-order valence-corrected chi connectivity index (χ2v) is 12.6. The average molecular weight is 574 g/mol. The van der Waals surface area contributed by atoms with E-state index in [-0.39, 0.29) is 38.6 Å². The fourth-order valence-corrected chi connectivity index (χ4v) is 6.36. The Labute approximate surface area is 228 Å². The van der Waals surface area contributed by atoms with Crippen molar-refractivity contribution in [2.24, 2.45) is 0 Å². The number of carbonyl (C=O) groups is 1. The number of likely N-dealkylation sites (tertiary alicyclic amines) is 1. The number of amides is 1. The van der Waals surface area contributed by atoms with Gasteiger partial charge >= 0.3 is 0 Å². The fourth-order valence-electron chi connectivity index (χ4n) is 4.33. The molecule has 4 rings (SSSR count). The van der Waals surface area contributed by atoms with Gasteiger partial charge in [0.25, 0.3) is 26.0 Å². The summed E-state index contributed by atoms with van der Waals surface area (Å²) >= 11 is 0. The highest BCUT2D eigenvalue weighted by Gasteiger charge is 2.24. The molecule has 0 bridgehead atoms. The van der Waals surface area contributed by atoms with Gasteiger partial charge < -0.3 is 9.64 Å². The number of anilines is 2. The Morgan fingerprint density at radius 3 is 1.95 bits per heavy atom. The van der Waals surface area contributed by atoms with Gasteiger partial charge in [0.15, 0.2) is 0 Å². The first-order chi connectivity index (χ1) is 18.5. The van der Waals surface area contributed by atoms with Crippen LogP contribution < -0.4 is 14.2 Å². The smallest absolute Gasteiger partial charge is 0.264 e. The van der Waals surface area contributed by atoms with E-state index < -0.39 is 20.0 Å². The third kappa shape index (κ3) is 6.84. The number of rotatable bonds is 8. The first-order valence-electron chi connectivity index (χ1n) is 12.4. The Balaban J connectivity index is 1.53. The molecule has 1 aliphatic heterocycles. The van der Waals surface area contributed by atoms with Crippen molar-refractivity contribution in [1.29, 1.82) is 0 Å². The van der Waals surface area contributed by atoms with E-state index in [1.54, 1.807) is 24.8 Å². The molecule has 1 fully saturated rings. The van der Waals surface area contributed by atoms with Crippen LogP contribution in [-0.4, -0.2) is 57.8 Å². The number of benzene rings is 2. The zero-order valence-electron chi connectivity index (χ0n) is 22.0. The lowest BCUT2D eigenvalue weighted by molar-refractivity contribution is 0.0758. The normalized spacial score (nSPS) is 14.4. The third-order valence-corrected chi connectivity index (χ3v) is 8.95. The van der Waals surface area contributed by atoms with Crippen LogP contribution in [0.1, 0.15) is 47.4 Å². The molecule has 0 radical (unpaired) electrons. The summed E-state index contributed by atoms with van der Waals surface area (Å²) in [5.41, 5.74) is 1.54. The molecular formula is C26H31N5O6S2. The number of nitrogens with zero attached hydrogens (tertiary/aromatic N) is 3. The fraction of sp³-hybridized carbons (Fsp3) is 0.346. The molecule has 3 aromatic rings. The largest absolute Gasteiger partial charge is 0.496 e. The molecule has 208 valence electrons. The van der Waals surface area contributed by atoms with Crippen LogP contribution in [0.5, 0.6) is 5.75 Å². The average Bonchev–Trinajstić information content (AvgIpc) is 3.17. The van der Waals surface area contributed by atoms with E-state index in [2.05, 4.69) is 19.4 Å². The maximum absolute atomic E-state index is 13.2. The summed E-state index contributed by atoms with van der Waals surface area (Å²) < 4.78 is 62.0. The number of hydrogen-bond acceptors (Lipinski definition) is 8. The van der Waals surface area contributed by atoms with Gasteiger partial charge in [-0.25, -0.2) is 31.5 Å². The van der Waals surface area contributed by atoms with Crippen LogP contribution in [0.4, 0.5) is 11.6 Å². The number of methoxy groups -OCH3 is 1. The molecule has 13 heteroatoms.